The molecule has 0 spiro atoms. The predicted octanol–water partition coefficient (Wildman–Crippen LogP) is 4.90. The summed E-state index contributed by atoms with van der Waals surface area (Å²) in [5.41, 5.74) is 2.33. The molecule has 0 radical (unpaired) electrons. The van der Waals surface area contributed by atoms with Gasteiger partial charge in [-0.05, 0) is 46.3 Å². The Balaban J connectivity index is 1.93. The molecule has 0 atom stereocenters. The molecule has 1 N–H and O–H groups in total. The molecular formula is C16H10BrClN2O2. The Kier molecular flexibility index (Phi) is 4.27. The van der Waals surface area contributed by atoms with Gasteiger partial charge in [0, 0.05) is 15.7 Å². The number of halogens is 2. The molecule has 1 heterocycles. The number of benzene rings is 2. The van der Waals surface area contributed by atoms with Crippen LogP contribution in [0.15, 0.2) is 57.6 Å². The number of fused-ring (bicyclic) bond motifs is 1. The lowest BCUT2D eigenvalue weighted by molar-refractivity contribution is -0.103. The first-order valence-corrected chi connectivity index (χ1v) is 7.57. The van der Waals surface area contributed by atoms with E-state index in [2.05, 4.69) is 26.2 Å². The van der Waals surface area contributed by atoms with Crippen LogP contribution in [0.2, 0.25) is 5.02 Å². The Morgan fingerprint density at radius 3 is 2.86 bits per heavy atom. The third kappa shape index (κ3) is 3.05. The Bertz CT molecular complexity index is 873. The third-order valence-corrected chi connectivity index (χ3v) is 3.91. The Morgan fingerprint density at radius 2 is 2.09 bits per heavy atom. The second kappa shape index (κ2) is 6.34. The van der Waals surface area contributed by atoms with Gasteiger partial charge in [0.2, 0.25) is 5.89 Å². The van der Waals surface area contributed by atoms with Gasteiger partial charge in [0.25, 0.3) is 0 Å². The van der Waals surface area contributed by atoms with E-state index in [1.807, 2.05) is 24.3 Å². The fraction of sp³-hybridized carbons (Fsp3) is 0. The van der Waals surface area contributed by atoms with E-state index in [0.29, 0.717) is 28.0 Å². The normalized spacial score (nSPS) is 11.6. The molecule has 0 saturated carbocycles. The van der Waals surface area contributed by atoms with E-state index in [4.69, 9.17) is 16.0 Å². The van der Waals surface area contributed by atoms with Gasteiger partial charge in [-0.1, -0.05) is 23.7 Å². The predicted molar refractivity (Wildman–Crippen MR) is 90.8 cm³/mol. The number of nitrogens with zero attached hydrogens (tertiary/aromatic N) is 1. The highest BCUT2D eigenvalue weighted by Crippen LogP contribution is 2.25. The van der Waals surface area contributed by atoms with E-state index >= 15 is 0 Å². The van der Waals surface area contributed by atoms with Crippen molar-refractivity contribution in [1.29, 1.82) is 0 Å². The average molecular weight is 378 g/mol. The van der Waals surface area contributed by atoms with Crippen LogP contribution in [0.4, 0.5) is 5.69 Å². The summed E-state index contributed by atoms with van der Waals surface area (Å²) in [6.45, 7) is 0. The van der Waals surface area contributed by atoms with E-state index < -0.39 is 0 Å². The molecule has 0 aliphatic rings. The van der Waals surface area contributed by atoms with E-state index in [9.17, 15) is 4.79 Å². The summed E-state index contributed by atoms with van der Waals surface area (Å²) in [6, 6.07) is 12.7. The minimum absolute atomic E-state index is 0.242. The zero-order valence-corrected chi connectivity index (χ0v) is 13.6. The number of oxazole rings is 1. The van der Waals surface area contributed by atoms with Crippen LogP contribution in [-0.4, -0.2) is 11.3 Å². The van der Waals surface area contributed by atoms with Gasteiger partial charge < -0.3 is 9.73 Å². The second-order valence-corrected chi connectivity index (χ2v) is 5.76. The second-order valence-electron chi connectivity index (χ2n) is 4.47. The maximum atomic E-state index is 11.3. The first-order valence-electron chi connectivity index (χ1n) is 6.40. The molecule has 4 nitrogen and oxygen atoms in total. The number of para-hydroxylation sites is 1. The summed E-state index contributed by atoms with van der Waals surface area (Å²) in [4.78, 5) is 15.6. The quantitative estimate of drug-likeness (QED) is 0.519. The van der Waals surface area contributed by atoms with Crippen molar-refractivity contribution in [1.82, 2.24) is 4.98 Å². The van der Waals surface area contributed by atoms with Gasteiger partial charge in [-0.15, -0.1) is 0 Å². The molecule has 0 aliphatic heterocycles. The van der Waals surface area contributed by atoms with Gasteiger partial charge in [-0.2, -0.15) is 0 Å². The van der Waals surface area contributed by atoms with Crippen LogP contribution >= 0.6 is 27.5 Å². The Labute approximate surface area is 139 Å². The van der Waals surface area contributed by atoms with E-state index in [0.717, 1.165) is 10.2 Å². The van der Waals surface area contributed by atoms with Crippen LogP contribution in [0.1, 0.15) is 5.89 Å². The minimum atomic E-state index is 0.242. The van der Waals surface area contributed by atoms with Crippen molar-refractivity contribution in [2.24, 2.45) is 0 Å². The molecule has 6 heteroatoms. The molecule has 22 heavy (non-hydrogen) atoms. The average Bonchev–Trinajstić information content (AvgIpc) is 2.92. The number of anilines is 1. The van der Waals surface area contributed by atoms with Crippen molar-refractivity contribution in [2.45, 2.75) is 0 Å². The first kappa shape index (κ1) is 14.8. The maximum absolute atomic E-state index is 11.3. The minimum Gasteiger partial charge on any atom is -0.436 e. The highest BCUT2D eigenvalue weighted by Gasteiger charge is 2.11. The first-order chi connectivity index (χ1) is 10.7. The van der Waals surface area contributed by atoms with E-state index in [1.54, 1.807) is 24.4 Å². The molecular weight excluding hydrogens is 368 g/mol. The summed E-state index contributed by atoms with van der Waals surface area (Å²) >= 11 is 9.34. The maximum Gasteiger partial charge on any atom is 0.232 e. The van der Waals surface area contributed by atoms with Crippen molar-refractivity contribution in [3.63, 3.8) is 0 Å². The largest absolute Gasteiger partial charge is 0.436 e. The molecule has 0 bridgehead atoms. The molecule has 110 valence electrons. The molecule has 1 aromatic heterocycles. The van der Waals surface area contributed by atoms with Gasteiger partial charge >= 0.3 is 0 Å². The molecule has 3 aromatic rings. The number of hydrogen-bond acceptors (Lipinski definition) is 4. The number of carbonyl (C=O) groups excluding carboxylic acids is 1. The smallest absolute Gasteiger partial charge is 0.232 e. The van der Waals surface area contributed by atoms with Crippen LogP contribution in [0.25, 0.3) is 16.7 Å². The van der Waals surface area contributed by atoms with Gasteiger partial charge in [-0.3, -0.25) is 4.79 Å². The zero-order chi connectivity index (χ0) is 15.5. The number of aldehydes is 1. The summed E-state index contributed by atoms with van der Waals surface area (Å²) in [5, 5.41) is 3.62. The fourth-order valence-corrected chi connectivity index (χ4v) is 2.47. The summed E-state index contributed by atoms with van der Waals surface area (Å²) in [6.07, 6.45) is 2.25. The lowest BCUT2D eigenvalue weighted by atomic mass is 10.3. The van der Waals surface area contributed by atoms with Gasteiger partial charge in [0.05, 0.1) is 11.3 Å². The monoisotopic (exact) mass is 376 g/mol. The lowest BCUT2D eigenvalue weighted by Crippen LogP contribution is -1.94. The van der Waals surface area contributed by atoms with Crippen molar-refractivity contribution < 1.29 is 9.21 Å². The summed E-state index contributed by atoms with van der Waals surface area (Å²) in [5.74, 6) is 0.242. The standard InChI is InChI=1S/C16H10BrClN2O2/c17-12-3-1-2-4-13(12)19-8-10(9-21)16-20-14-7-11(18)5-6-15(14)22-16/h1-9,19H/b10-8-. The van der Waals surface area contributed by atoms with Crippen molar-refractivity contribution in [3.8, 4) is 0 Å². The molecule has 2 aromatic carbocycles. The van der Waals surface area contributed by atoms with Gasteiger partial charge in [0.1, 0.15) is 5.52 Å². The highest BCUT2D eigenvalue weighted by atomic mass is 79.9. The van der Waals surface area contributed by atoms with Crippen LogP contribution in [-0.2, 0) is 4.79 Å². The molecule has 0 fully saturated rings. The highest BCUT2D eigenvalue weighted by molar-refractivity contribution is 9.10. The molecule has 0 aliphatic carbocycles. The van der Waals surface area contributed by atoms with Gasteiger partial charge in [-0.25, -0.2) is 4.98 Å². The molecule has 3 rings (SSSR count). The summed E-state index contributed by atoms with van der Waals surface area (Å²) in [7, 11) is 0. The van der Waals surface area contributed by atoms with Crippen molar-refractivity contribution in [3.05, 3.63) is 64.1 Å². The number of carbonyl (C=O) groups is 1. The molecule has 0 saturated heterocycles. The Hall–Kier alpha value is -2.11. The SMILES string of the molecule is O=C/C(=C/Nc1ccccc1Br)c1nc2cc(Cl)ccc2o1. The van der Waals surface area contributed by atoms with Crippen LogP contribution in [0, 0.1) is 0 Å². The fourth-order valence-electron chi connectivity index (χ4n) is 1.90. The number of allylic oxidation sites excluding steroid dienone is 1. The number of rotatable bonds is 4. The zero-order valence-electron chi connectivity index (χ0n) is 11.2. The molecule has 0 amide bonds. The number of hydrogen-bond donors (Lipinski definition) is 1. The van der Waals surface area contributed by atoms with E-state index in [1.165, 1.54) is 0 Å². The third-order valence-electron chi connectivity index (χ3n) is 2.98. The lowest BCUT2D eigenvalue weighted by Gasteiger charge is -2.03. The summed E-state index contributed by atoms with van der Waals surface area (Å²) < 4.78 is 6.46. The van der Waals surface area contributed by atoms with Crippen molar-refractivity contribution >= 4 is 56.2 Å². The van der Waals surface area contributed by atoms with E-state index in [-0.39, 0.29) is 5.89 Å². The van der Waals surface area contributed by atoms with Crippen LogP contribution in [0.3, 0.4) is 0 Å². The van der Waals surface area contributed by atoms with Crippen LogP contribution < -0.4 is 5.32 Å². The topological polar surface area (TPSA) is 55.1 Å². The number of aromatic nitrogens is 1. The number of nitrogens with one attached hydrogen (secondary N) is 1. The van der Waals surface area contributed by atoms with Crippen LogP contribution in [0.5, 0.6) is 0 Å². The van der Waals surface area contributed by atoms with Crippen molar-refractivity contribution in [2.75, 3.05) is 5.32 Å². The molecule has 0 unspecified atom stereocenters. The van der Waals surface area contributed by atoms with Gasteiger partial charge in [0.15, 0.2) is 11.9 Å². The Morgan fingerprint density at radius 1 is 1.27 bits per heavy atom.